The van der Waals surface area contributed by atoms with Gasteiger partial charge in [0.15, 0.2) is 0 Å². The van der Waals surface area contributed by atoms with E-state index in [2.05, 4.69) is 143 Å². The van der Waals surface area contributed by atoms with Crippen molar-refractivity contribution < 1.29 is 13.3 Å². The second-order valence-corrected chi connectivity index (χ2v) is 21.2. The quantitative estimate of drug-likeness (QED) is 0.0907. The second-order valence-electron chi connectivity index (χ2n) is 14.2. The maximum Gasteiger partial charge on any atom is 0.500 e. The standard InChI is InChI=1S/C44H50N6O3Si2/c1-7-51-55(52-8-2,53-9-3)30-16-29-50-32-40(46-48-50)34-23-27-38(28-24-34)44-42(36-19-14-11-15-20-36)41(35-17-12-10-13-18-35)43(54(44,5)6)37-25-21-33(22-26-37)39-31-49(4)47-45-39/h10-15,17-28,31-32H,7-9,16,29-30H2,1-6H3. The lowest BCUT2D eigenvalue weighted by Gasteiger charge is -2.28. The lowest BCUT2D eigenvalue weighted by molar-refractivity contribution is 0.0704. The van der Waals surface area contributed by atoms with Crippen LogP contribution in [-0.4, -0.2) is 66.7 Å². The summed E-state index contributed by atoms with van der Waals surface area (Å²) in [6.07, 6.45) is 4.81. The molecule has 0 saturated carbocycles. The van der Waals surface area contributed by atoms with Crippen molar-refractivity contribution in [2.45, 2.75) is 52.9 Å². The van der Waals surface area contributed by atoms with Gasteiger partial charge in [0, 0.05) is 50.6 Å². The molecular weight excluding hydrogens is 717 g/mol. The Bertz CT molecular complexity index is 2250. The predicted octanol–water partition coefficient (Wildman–Crippen LogP) is 9.50. The molecule has 0 amide bonds. The molecule has 1 aliphatic rings. The fourth-order valence-electron chi connectivity index (χ4n) is 7.89. The van der Waals surface area contributed by atoms with E-state index in [1.807, 2.05) is 44.9 Å². The van der Waals surface area contributed by atoms with E-state index in [-0.39, 0.29) is 0 Å². The Morgan fingerprint density at radius 1 is 0.545 bits per heavy atom. The van der Waals surface area contributed by atoms with Gasteiger partial charge in [0.05, 0.1) is 12.4 Å². The Hall–Kier alpha value is -5.05. The smallest absolute Gasteiger partial charge is 0.374 e. The number of hydrogen-bond acceptors (Lipinski definition) is 7. The van der Waals surface area contributed by atoms with E-state index >= 15 is 0 Å². The maximum absolute atomic E-state index is 6.05. The summed E-state index contributed by atoms with van der Waals surface area (Å²) in [5.74, 6) is 0. The SMILES string of the molecule is CCO[Si](CCCn1cc(-c2ccc(C3=C(c4ccccc4)C(c4ccccc4)=C(c4ccc(-c5cn(C)nn5)cc4)[Si]3(C)C)cc2)nn1)(OCC)OCC. The van der Waals surface area contributed by atoms with E-state index in [4.69, 9.17) is 13.3 Å². The van der Waals surface area contributed by atoms with Crippen molar-refractivity contribution in [2.75, 3.05) is 19.8 Å². The minimum Gasteiger partial charge on any atom is -0.374 e. The summed E-state index contributed by atoms with van der Waals surface area (Å²) in [5, 5.41) is 20.4. The van der Waals surface area contributed by atoms with Gasteiger partial charge in [-0.3, -0.25) is 9.36 Å². The van der Waals surface area contributed by atoms with Gasteiger partial charge < -0.3 is 13.3 Å². The van der Waals surface area contributed by atoms with Gasteiger partial charge in [0.25, 0.3) is 0 Å². The minimum atomic E-state index is -2.71. The summed E-state index contributed by atoms with van der Waals surface area (Å²) in [7, 11) is -3.15. The highest BCUT2D eigenvalue weighted by molar-refractivity contribution is 7.13. The van der Waals surface area contributed by atoms with Gasteiger partial charge in [-0.2, -0.15) is 0 Å². The Labute approximate surface area is 326 Å². The fourth-order valence-corrected chi connectivity index (χ4v) is 14.3. The van der Waals surface area contributed by atoms with E-state index in [0.717, 1.165) is 35.0 Å². The molecule has 0 atom stereocenters. The second kappa shape index (κ2) is 16.8. The summed E-state index contributed by atoms with van der Waals surface area (Å²) in [6, 6.07) is 40.3. The number of benzene rings is 4. The largest absolute Gasteiger partial charge is 0.500 e. The van der Waals surface area contributed by atoms with E-state index in [0.29, 0.717) is 26.4 Å². The normalized spacial score (nSPS) is 14.3. The molecule has 9 nitrogen and oxygen atoms in total. The molecule has 11 heteroatoms. The highest BCUT2D eigenvalue weighted by atomic mass is 28.4. The van der Waals surface area contributed by atoms with Crippen molar-refractivity contribution in [1.29, 1.82) is 0 Å². The molecule has 2 aromatic heterocycles. The van der Waals surface area contributed by atoms with Crippen LogP contribution in [0.2, 0.25) is 19.1 Å². The third-order valence-electron chi connectivity index (χ3n) is 10.2. The average molecular weight is 767 g/mol. The zero-order valence-corrected chi connectivity index (χ0v) is 34.7. The zero-order chi connectivity index (χ0) is 38.4. The molecule has 0 radical (unpaired) electrons. The fraction of sp³-hybridized carbons (Fsp3) is 0.273. The highest BCUT2D eigenvalue weighted by Crippen LogP contribution is 2.55. The topological polar surface area (TPSA) is 89.1 Å². The molecular formula is C44H50N6O3Si2. The molecule has 0 spiro atoms. The number of aromatic nitrogens is 6. The molecule has 6 aromatic rings. The molecule has 0 fully saturated rings. The summed E-state index contributed by atoms with van der Waals surface area (Å²) < 4.78 is 21.8. The van der Waals surface area contributed by atoms with Crippen molar-refractivity contribution in [3.63, 3.8) is 0 Å². The third kappa shape index (κ3) is 8.03. The number of hydrogen-bond donors (Lipinski definition) is 0. The highest BCUT2D eigenvalue weighted by Gasteiger charge is 2.44. The van der Waals surface area contributed by atoms with Gasteiger partial charge in [-0.15, -0.1) is 10.2 Å². The Morgan fingerprint density at radius 2 is 0.982 bits per heavy atom. The van der Waals surface area contributed by atoms with Gasteiger partial charge in [0.2, 0.25) is 0 Å². The molecule has 282 valence electrons. The van der Waals surface area contributed by atoms with Crippen LogP contribution in [0, 0.1) is 0 Å². The van der Waals surface area contributed by atoms with E-state index < -0.39 is 16.9 Å². The molecule has 0 saturated heterocycles. The zero-order valence-electron chi connectivity index (χ0n) is 32.7. The van der Waals surface area contributed by atoms with E-state index in [9.17, 15) is 0 Å². The first-order valence-electron chi connectivity index (χ1n) is 19.3. The van der Waals surface area contributed by atoms with Crippen molar-refractivity contribution >= 4 is 38.4 Å². The van der Waals surface area contributed by atoms with Crippen LogP contribution < -0.4 is 0 Å². The average Bonchev–Trinajstić information content (AvgIpc) is 3.92. The van der Waals surface area contributed by atoms with Crippen LogP contribution in [-0.2, 0) is 26.9 Å². The summed E-state index contributed by atoms with van der Waals surface area (Å²) in [4.78, 5) is 0. The van der Waals surface area contributed by atoms with E-state index in [1.165, 1.54) is 43.8 Å². The third-order valence-corrected chi connectivity index (χ3v) is 16.9. The van der Waals surface area contributed by atoms with Crippen LogP contribution in [0.5, 0.6) is 0 Å². The van der Waals surface area contributed by atoms with Crippen LogP contribution in [0.4, 0.5) is 0 Å². The lowest BCUT2D eigenvalue weighted by Crippen LogP contribution is -2.46. The predicted molar refractivity (Wildman–Crippen MR) is 226 cm³/mol. The minimum absolute atomic E-state index is 0.571. The molecule has 0 bridgehead atoms. The van der Waals surface area contributed by atoms with Crippen LogP contribution in [0.3, 0.4) is 0 Å². The number of aryl methyl sites for hydroxylation is 2. The first-order chi connectivity index (χ1) is 26.8. The molecule has 0 N–H and O–H groups in total. The molecule has 0 unspecified atom stereocenters. The van der Waals surface area contributed by atoms with Gasteiger partial charge in [-0.1, -0.05) is 133 Å². The van der Waals surface area contributed by atoms with Gasteiger partial charge >= 0.3 is 8.80 Å². The summed E-state index contributed by atoms with van der Waals surface area (Å²) in [5.41, 5.74) is 11.3. The monoisotopic (exact) mass is 766 g/mol. The van der Waals surface area contributed by atoms with Crippen LogP contribution >= 0.6 is 0 Å². The maximum atomic E-state index is 6.05. The van der Waals surface area contributed by atoms with Crippen LogP contribution in [0.1, 0.15) is 49.4 Å². The molecule has 0 aliphatic carbocycles. The van der Waals surface area contributed by atoms with Gasteiger partial charge in [-0.25, -0.2) is 0 Å². The molecule has 4 aromatic carbocycles. The Morgan fingerprint density at radius 3 is 1.42 bits per heavy atom. The Kier molecular flexibility index (Phi) is 11.7. The van der Waals surface area contributed by atoms with Crippen molar-refractivity contribution in [1.82, 2.24) is 30.0 Å². The van der Waals surface area contributed by atoms with Crippen LogP contribution in [0.15, 0.2) is 122 Å². The molecule has 7 rings (SSSR count). The molecule has 1 aliphatic heterocycles. The number of nitrogens with zero attached hydrogens (tertiary/aromatic N) is 6. The first kappa shape index (κ1) is 38.2. The first-order valence-corrected chi connectivity index (χ1v) is 24.2. The molecule has 55 heavy (non-hydrogen) atoms. The van der Waals surface area contributed by atoms with Crippen molar-refractivity contribution in [3.05, 3.63) is 144 Å². The summed E-state index contributed by atoms with van der Waals surface area (Å²) in [6.45, 7) is 13.4. The number of rotatable bonds is 16. The Balaban J connectivity index is 1.23. The van der Waals surface area contributed by atoms with Crippen molar-refractivity contribution in [2.24, 2.45) is 7.05 Å². The number of allylic oxidation sites excluding steroid dienone is 2. The van der Waals surface area contributed by atoms with Crippen molar-refractivity contribution in [3.8, 4) is 22.5 Å². The van der Waals surface area contributed by atoms with Gasteiger partial charge in [-0.05, 0) is 71.0 Å². The van der Waals surface area contributed by atoms with Crippen LogP contribution in [0.25, 0.3) is 44.1 Å². The molecule has 3 heterocycles. The van der Waals surface area contributed by atoms with Gasteiger partial charge in [0.1, 0.15) is 19.5 Å². The summed E-state index contributed by atoms with van der Waals surface area (Å²) >= 11 is 0. The van der Waals surface area contributed by atoms with E-state index in [1.54, 1.807) is 4.68 Å². The lowest BCUT2D eigenvalue weighted by atomic mass is 9.89.